The first-order valence-corrected chi connectivity index (χ1v) is 7.45. The highest BCUT2D eigenvalue weighted by Crippen LogP contribution is 2.38. The van der Waals surface area contributed by atoms with Crippen molar-refractivity contribution >= 4 is 5.91 Å². The van der Waals surface area contributed by atoms with E-state index in [0.717, 1.165) is 0 Å². The van der Waals surface area contributed by atoms with Crippen LogP contribution in [0.15, 0.2) is 24.3 Å². The molecule has 1 saturated heterocycles. The Balaban J connectivity index is 1.93. The predicted molar refractivity (Wildman–Crippen MR) is 76.3 cm³/mol. The van der Waals surface area contributed by atoms with Crippen molar-refractivity contribution in [1.82, 2.24) is 4.90 Å². The highest BCUT2D eigenvalue weighted by Gasteiger charge is 2.54. The number of rotatable bonds is 3. The average Bonchev–Trinajstić information content (AvgIpc) is 2.46. The third kappa shape index (κ3) is 4.02. The number of nitrogens with zero attached hydrogens (tertiary/aromatic N) is 1. The molecule has 1 aromatic carbocycles. The molecule has 1 unspecified atom stereocenters. The fourth-order valence-electron chi connectivity index (χ4n) is 2.73. The van der Waals surface area contributed by atoms with Crippen LogP contribution in [-0.2, 0) is 4.79 Å². The first-order chi connectivity index (χ1) is 10.6. The van der Waals surface area contributed by atoms with Gasteiger partial charge in [-0.1, -0.05) is 19.1 Å². The number of carbonyl (C=O) groups excluding carboxylic acids is 1. The third-order valence-electron chi connectivity index (χ3n) is 4.37. The molecule has 128 valence electrons. The van der Waals surface area contributed by atoms with Gasteiger partial charge in [-0.15, -0.1) is 0 Å². The van der Waals surface area contributed by atoms with E-state index in [1.165, 1.54) is 17.0 Å². The second kappa shape index (κ2) is 6.47. The second-order valence-corrected chi connectivity index (χ2v) is 6.07. The smallest absolute Gasteiger partial charge is 0.380 e. The molecule has 3 nitrogen and oxygen atoms in total. The van der Waals surface area contributed by atoms with E-state index in [4.69, 9.17) is 0 Å². The summed E-state index contributed by atoms with van der Waals surface area (Å²) in [4.78, 5) is 13.5. The van der Waals surface area contributed by atoms with Gasteiger partial charge in [-0.3, -0.25) is 4.79 Å². The number of halogens is 4. The SMILES string of the molecule is CC(CC(=O)N1CCC(O)(C(F)(F)F)CC1)c1cccc(F)c1. The zero-order valence-corrected chi connectivity index (χ0v) is 12.7. The first-order valence-electron chi connectivity index (χ1n) is 7.45. The van der Waals surface area contributed by atoms with E-state index >= 15 is 0 Å². The molecule has 7 heteroatoms. The van der Waals surface area contributed by atoms with Gasteiger partial charge in [-0.25, -0.2) is 4.39 Å². The number of amides is 1. The summed E-state index contributed by atoms with van der Waals surface area (Å²) < 4.78 is 51.4. The Kier molecular flexibility index (Phi) is 4.98. The van der Waals surface area contributed by atoms with Gasteiger partial charge in [0.25, 0.3) is 0 Å². The fourth-order valence-corrected chi connectivity index (χ4v) is 2.73. The van der Waals surface area contributed by atoms with Gasteiger partial charge >= 0.3 is 6.18 Å². The molecule has 0 spiro atoms. The van der Waals surface area contributed by atoms with Crippen LogP contribution in [0, 0.1) is 5.82 Å². The normalized spacial score (nSPS) is 19.5. The quantitative estimate of drug-likeness (QED) is 0.863. The van der Waals surface area contributed by atoms with Crippen LogP contribution in [-0.4, -0.2) is 40.8 Å². The summed E-state index contributed by atoms with van der Waals surface area (Å²) in [6.45, 7) is 1.50. The van der Waals surface area contributed by atoms with Crippen LogP contribution >= 0.6 is 0 Å². The maximum absolute atomic E-state index is 13.2. The number of hydrogen-bond acceptors (Lipinski definition) is 2. The highest BCUT2D eigenvalue weighted by molar-refractivity contribution is 5.77. The molecule has 0 bridgehead atoms. The molecule has 0 aliphatic carbocycles. The van der Waals surface area contributed by atoms with Crippen molar-refractivity contribution in [2.45, 2.75) is 43.9 Å². The number of benzene rings is 1. The lowest BCUT2D eigenvalue weighted by molar-refractivity contribution is -0.272. The number of alkyl halides is 3. The van der Waals surface area contributed by atoms with E-state index in [1.807, 2.05) is 0 Å². The lowest BCUT2D eigenvalue weighted by atomic mass is 9.90. The van der Waals surface area contributed by atoms with E-state index in [9.17, 15) is 27.5 Å². The lowest BCUT2D eigenvalue weighted by Crippen LogP contribution is -2.54. The van der Waals surface area contributed by atoms with Gasteiger partial charge < -0.3 is 10.0 Å². The Hall–Kier alpha value is -1.63. The predicted octanol–water partition coefficient (Wildman–Crippen LogP) is 3.24. The van der Waals surface area contributed by atoms with Crippen molar-refractivity contribution < 1.29 is 27.5 Å². The van der Waals surface area contributed by atoms with Crippen molar-refractivity contribution in [3.05, 3.63) is 35.6 Å². The van der Waals surface area contributed by atoms with Crippen LogP contribution in [0.5, 0.6) is 0 Å². The third-order valence-corrected chi connectivity index (χ3v) is 4.37. The van der Waals surface area contributed by atoms with Crippen molar-refractivity contribution in [3.8, 4) is 0 Å². The zero-order valence-electron chi connectivity index (χ0n) is 12.7. The van der Waals surface area contributed by atoms with Gasteiger partial charge in [0.15, 0.2) is 5.60 Å². The van der Waals surface area contributed by atoms with Crippen LogP contribution in [0.25, 0.3) is 0 Å². The minimum atomic E-state index is -4.68. The molecule has 2 rings (SSSR count). The molecule has 1 amide bonds. The van der Waals surface area contributed by atoms with Gasteiger partial charge in [0.1, 0.15) is 5.82 Å². The Morgan fingerprint density at radius 2 is 1.96 bits per heavy atom. The molecule has 1 aliphatic heterocycles. The molecule has 1 aliphatic rings. The molecule has 0 saturated carbocycles. The van der Waals surface area contributed by atoms with Crippen LogP contribution in [0.2, 0.25) is 0 Å². The van der Waals surface area contributed by atoms with E-state index in [-0.39, 0.29) is 31.3 Å². The lowest BCUT2D eigenvalue weighted by Gasteiger charge is -2.39. The van der Waals surface area contributed by atoms with Crippen LogP contribution in [0.1, 0.15) is 37.7 Å². The summed E-state index contributed by atoms with van der Waals surface area (Å²) in [7, 11) is 0. The van der Waals surface area contributed by atoms with E-state index < -0.39 is 30.4 Å². The summed E-state index contributed by atoms with van der Waals surface area (Å²) in [5.74, 6) is -0.914. The van der Waals surface area contributed by atoms with Crippen LogP contribution in [0.4, 0.5) is 17.6 Å². The molecule has 1 heterocycles. The topological polar surface area (TPSA) is 40.5 Å². The summed E-state index contributed by atoms with van der Waals surface area (Å²) in [5.41, 5.74) is -2.04. The standard InChI is InChI=1S/C16H19F4NO2/c1-11(12-3-2-4-13(17)10-12)9-14(22)21-7-5-15(23,6-8-21)16(18,19)20/h2-4,10-11,23H,5-9H2,1H3. The van der Waals surface area contributed by atoms with E-state index in [1.54, 1.807) is 19.1 Å². The van der Waals surface area contributed by atoms with Crippen molar-refractivity contribution in [3.63, 3.8) is 0 Å². The van der Waals surface area contributed by atoms with Gasteiger partial charge in [0.2, 0.25) is 5.91 Å². The maximum Gasteiger partial charge on any atom is 0.417 e. The maximum atomic E-state index is 13.2. The molecular weight excluding hydrogens is 314 g/mol. The van der Waals surface area contributed by atoms with Crippen LogP contribution in [0.3, 0.4) is 0 Å². The van der Waals surface area contributed by atoms with Crippen LogP contribution < -0.4 is 0 Å². The fraction of sp³-hybridized carbons (Fsp3) is 0.562. The van der Waals surface area contributed by atoms with Crippen molar-refractivity contribution in [1.29, 1.82) is 0 Å². The summed E-state index contributed by atoms with van der Waals surface area (Å²) >= 11 is 0. The molecule has 0 aromatic heterocycles. The molecule has 1 fully saturated rings. The second-order valence-electron chi connectivity index (χ2n) is 6.07. The number of carbonyl (C=O) groups is 1. The van der Waals surface area contributed by atoms with Crippen molar-refractivity contribution in [2.75, 3.05) is 13.1 Å². The Morgan fingerprint density at radius 1 is 1.35 bits per heavy atom. The minimum Gasteiger partial charge on any atom is -0.380 e. The van der Waals surface area contributed by atoms with Gasteiger partial charge in [-0.2, -0.15) is 13.2 Å². The Bertz CT molecular complexity index is 565. The minimum absolute atomic E-state index is 0.0912. The highest BCUT2D eigenvalue weighted by atomic mass is 19.4. The van der Waals surface area contributed by atoms with Gasteiger partial charge in [0.05, 0.1) is 0 Å². The Labute approximate surface area is 131 Å². The number of likely N-dealkylation sites (tertiary alicyclic amines) is 1. The number of piperidine rings is 1. The molecule has 1 aromatic rings. The number of aliphatic hydroxyl groups is 1. The first kappa shape index (κ1) is 17.7. The van der Waals surface area contributed by atoms with Crippen molar-refractivity contribution in [2.24, 2.45) is 0 Å². The average molecular weight is 333 g/mol. The molecule has 1 N–H and O–H groups in total. The van der Waals surface area contributed by atoms with Gasteiger partial charge in [0, 0.05) is 32.4 Å². The largest absolute Gasteiger partial charge is 0.417 e. The van der Waals surface area contributed by atoms with E-state index in [0.29, 0.717) is 5.56 Å². The summed E-state index contributed by atoms with van der Waals surface area (Å²) in [6, 6.07) is 5.91. The van der Waals surface area contributed by atoms with E-state index in [2.05, 4.69) is 0 Å². The monoisotopic (exact) mass is 333 g/mol. The zero-order chi connectivity index (χ0) is 17.3. The molecule has 1 atom stereocenters. The molecule has 0 radical (unpaired) electrons. The summed E-state index contributed by atoms with van der Waals surface area (Å²) in [5, 5.41) is 9.59. The van der Waals surface area contributed by atoms with Gasteiger partial charge in [-0.05, 0) is 23.6 Å². The Morgan fingerprint density at radius 3 is 2.48 bits per heavy atom. The number of hydrogen-bond donors (Lipinski definition) is 1. The summed E-state index contributed by atoms with van der Waals surface area (Å²) in [6.07, 6.45) is -5.63. The molecule has 23 heavy (non-hydrogen) atoms. The molecular formula is C16H19F4NO2.